The first-order chi connectivity index (χ1) is 20.3. The highest BCUT2D eigenvalue weighted by molar-refractivity contribution is 7.97. The molecule has 2 heterocycles. The van der Waals surface area contributed by atoms with Crippen LogP contribution >= 0.6 is 11.9 Å². The van der Waals surface area contributed by atoms with Crippen molar-refractivity contribution in [3.05, 3.63) is 95.1 Å². The van der Waals surface area contributed by atoms with Crippen LogP contribution in [-0.4, -0.2) is 60.8 Å². The molecule has 42 heavy (non-hydrogen) atoms. The number of benzene rings is 3. The van der Waals surface area contributed by atoms with Gasteiger partial charge in [-0.3, -0.25) is 4.79 Å². The van der Waals surface area contributed by atoms with Crippen molar-refractivity contribution in [3.63, 3.8) is 0 Å². The summed E-state index contributed by atoms with van der Waals surface area (Å²) >= 11 is 1.79. The Labute approximate surface area is 247 Å². The van der Waals surface area contributed by atoms with E-state index in [0.717, 1.165) is 56.3 Å². The lowest BCUT2D eigenvalue weighted by Gasteiger charge is -2.29. The van der Waals surface area contributed by atoms with E-state index >= 15 is 4.39 Å². The molecule has 2 aliphatic heterocycles. The third-order valence-electron chi connectivity index (χ3n) is 7.72. The second-order valence-corrected chi connectivity index (χ2v) is 11.7. The van der Waals surface area contributed by atoms with Crippen LogP contribution in [0, 0.1) is 23.3 Å². The third kappa shape index (κ3) is 7.26. The molecule has 4 unspecified atom stereocenters. The third-order valence-corrected chi connectivity index (χ3v) is 8.97. The normalized spacial score (nSPS) is 22.0. The number of amides is 1. The lowest BCUT2D eigenvalue weighted by atomic mass is 9.84. The van der Waals surface area contributed by atoms with Gasteiger partial charge >= 0.3 is 0 Å². The van der Waals surface area contributed by atoms with Gasteiger partial charge in [0.1, 0.15) is 24.1 Å². The number of rotatable bonds is 9. The Kier molecular flexibility index (Phi) is 10.0. The number of likely N-dealkylation sites (N-methyl/N-ethyl adjacent to an activating group) is 1. The summed E-state index contributed by atoms with van der Waals surface area (Å²) in [5.41, 5.74) is 0.776. The van der Waals surface area contributed by atoms with Crippen LogP contribution in [-0.2, 0) is 4.79 Å². The van der Waals surface area contributed by atoms with Gasteiger partial charge in [-0.25, -0.2) is 21.9 Å². The maximum absolute atomic E-state index is 15.1. The molecule has 224 valence electrons. The summed E-state index contributed by atoms with van der Waals surface area (Å²) in [6.07, 6.45) is 3.09. The molecule has 11 heteroatoms. The van der Waals surface area contributed by atoms with E-state index in [0.29, 0.717) is 11.6 Å². The summed E-state index contributed by atoms with van der Waals surface area (Å²) in [4.78, 5) is 13.7. The minimum absolute atomic E-state index is 0.0598. The molecule has 5 atom stereocenters. The lowest BCUT2D eigenvalue weighted by molar-refractivity contribution is -0.118. The van der Waals surface area contributed by atoms with Gasteiger partial charge in [0, 0.05) is 30.3 Å². The zero-order valence-corrected chi connectivity index (χ0v) is 24.0. The molecule has 2 fully saturated rings. The topological polar surface area (TPSA) is 65.6 Å². The van der Waals surface area contributed by atoms with Crippen LogP contribution in [0.25, 0.3) is 0 Å². The highest BCUT2D eigenvalue weighted by Gasteiger charge is 2.32. The molecular formula is C31H34F4N4O2S. The van der Waals surface area contributed by atoms with E-state index in [1.54, 1.807) is 18.0 Å². The Morgan fingerprint density at radius 3 is 2.52 bits per heavy atom. The van der Waals surface area contributed by atoms with E-state index in [1.165, 1.54) is 43.4 Å². The number of nitrogens with one attached hydrogen (secondary N) is 3. The Balaban J connectivity index is 1.39. The molecule has 0 aromatic heterocycles. The number of hydrogen-bond donors (Lipinski definition) is 3. The summed E-state index contributed by atoms with van der Waals surface area (Å²) in [6, 6.07) is 12.1. The van der Waals surface area contributed by atoms with Crippen LogP contribution < -0.4 is 20.7 Å². The number of hydrogen-bond acceptors (Lipinski definition) is 6. The smallest absolute Gasteiger partial charge is 0.242 e. The second kappa shape index (κ2) is 13.9. The average molecular weight is 603 g/mol. The van der Waals surface area contributed by atoms with Crippen LogP contribution in [0.4, 0.5) is 23.2 Å². The Bertz CT molecular complexity index is 1360. The summed E-state index contributed by atoms with van der Waals surface area (Å²) in [6.45, 7) is 1.96. The number of carbonyl (C=O) groups excluding carboxylic acids is 1. The van der Waals surface area contributed by atoms with E-state index < -0.39 is 41.1 Å². The molecule has 2 aliphatic rings. The van der Waals surface area contributed by atoms with Crippen LogP contribution in [0.15, 0.2) is 60.7 Å². The van der Waals surface area contributed by atoms with E-state index in [-0.39, 0.29) is 29.6 Å². The number of nitrogens with zero attached hydrogens (tertiary/aromatic N) is 1. The monoisotopic (exact) mass is 602 g/mol. The summed E-state index contributed by atoms with van der Waals surface area (Å²) in [7, 11) is 1.53. The SMILES string of the molecule is CN[C@H](C(=O)Nc1cccc(F)c1OCC1CCNC2CCCSN1C2)C(c1ccc(F)cc1)c1cc(F)cc(F)c1. The van der Waals surface area contributed by atoms with Gasteiger partial charge < -0.3 is 20.7 Å². The van der Waals surface area contributed by atoms with Crippen LogP contribution in [0.1, 0.15) is 36.3 Å². The van der Waals surface area contributed by atoms with Crippen molar-refractivity contribution >= 4 is 23.5 Å². The van der Waals surface area contributed by atoms with Gasteiger partial charge in [0.2, 0.25) is 5.91 Å². The van der Waals surface area contributed by atoms with E-state index in [2.05, 4.69) is 20.3 Å². The first-order valence-corrected chi connectivity index (χ1v) is 15.0. The largest absolute Gasteiger partial charge is 0.487 e. The Morgan fingerprint density at radius 2 is 1.79 bits per heavy atom. The van der Waals surface area contributed by atoms with E-state index in [9.17, 15) is 18.0 Å². The van der Waals surface area contributed by atoms with Crippen molar-refractivity contribution in [2.45, 2.75) is 43.3 Å². The summed E-state index contributed by atoms with van der Waals surface area (Å²) < 4.78 is 65.7. The van der Waals surface area contributed by atoms with E-state index in [1.807, 2.05) is 0 Å². The number of para-hydroxylation sites is 1. The van der Waals surface area contributed by atoms with Gasteiger partial charge in [-0.1, -0.05) is 30.1 Å². The quantitative estimate of drug-likeness (QED) is 0.224. The minimum Gasteiger partial charge on any atom is -0.487 e. The molecule has 6 nitrogen and oxygen atoms in total. The highest BCUT2D eigenvalue weighted by Crippen LogP contribution is 2.33. The fraction of sp³-hybridized carbons (Fsp3) is 0.387. The van der Waals surface area contributed by atoms with Gasteiger partial charge in [0.05, 0.1) is 17.8 Å². The first kappa shape index (κ1) is 30.3. The molecule has 0 saturated carbocycles. The fourth-order valence-corrected chi connectivity index (χ4v) is 6.85. The van der Waals surface area contributed by atoms with Crippen molar-refractivity contribution in [3.8, 4) is 5.75 Å². The molecule has 1 amide bonds. The van der Waals surface area contributed by atoms with Gasteiger partial charge in [-0.2, -0.15) is 0 Å². The average Bonchev–Trinajstić information content (AvgIpc) is 3.31. The van der Waals surface area contributed by atoms with Crippen molar-refractivity contribution < 1.29 is 27.1 Å². The lowest BCUT2D eigenvalue weighted by Crippen LogP contribution is -2.43. The maximum atomic E-state index is 15.1. The molecule has 0 aliphatic carbocycles. The molecule has 3 aromatic rings. The van der Waals surface area contributed by atoms with Gasteiger partial charge in [0.25, 0.3) is 0 Å². The van der Waals surface area contributed by atoms with Crippen LogP contribution in [0.5, 0.6) is 5.75 Å². The number of halogens is 4. The molecule has 0 radical (unpaired) electrons. The predicted octanol–water partition coefficient (Wildman–Crippen LogP) is 5.45. The Morgan fingerprint density at radius 1 is 1.02 bits per heavy atom. The van der Waals surface area contributed by atoms with Crippen molar-refractivity contribution in [1.29, 1.82) is 0 Å². The molecule has 3 N–H and O–H groups in total. The van der Waals surface area contributed by atoms with Crippen molar-refractivity contribution in [2.75, 3.05) is 37.8 Å². The summed E-state index contributed by atoms with van der Waals surface area (Å²) in [5.74, 6) is -3.28. The van der Waals surface area contributed by atoms with Crippen molar-refractivity contribution in [2.24, 2.45) is 0 Å². The van der Waals surface area contributed by atoms with Gasteiger partial charge in [-0.05, 0) is 80.4 Å². The van der Waals surface area contributed by atoms with Crippen molar-refractivity contribution in [1.82, 2.24) is 14.9 Å². The second-order valence-electron chi connectivity index (χ2n) is 10.6. The molecular weight excluding hydrogens is 568 g/mol. The Hall–Kier alpha value is -3.12. The fourth-order valence-electron chi connectivity index (χ4n) is 5.65. The first-order valence-electron chi connectivity index (χ1n) is 14.1. The molecule has 0 spiro atoms. The molecule has 3 aromatic carbocycles. The van der Waals surface area contributed by atoms with Crippen LogP contribution in [0.2, 0.25) is 0 Å². The number of fused-ring (bicyclic) bond motifs is 2. The standard InChI is InChI=1S/C31H34F4N4O2S/c1-36-29(28(19-7-9-21(32)10-8-19)20-14-22(33)16-23(34)15-20)31(40)38-27-6-2-5-26(35)30(27)41-18-25-11-12-37-24-4-3-13-42-39(25)17-24/h2,5-10,14-16,24-25,28-29,36-37H,3-4,11-13,17-18H2,1H3,(H,38,40)/t24?,25?,28?,29-/m0/s1. The zero-order valence-electron chi connectivity index (χ0n) is 23.2. The van der Waals surface area contributed by atoms with Gasteiger partial charge in [0.15, 0.2) is 11.6 Å². The van der Waals surface area contributed by atoms with Gasteiger partial charge in [-0.15, -0.1) is 0 Å². The zero-order chi connectivity index (χ0) is 29.6. The number of carbonyl (C=O) groups is 1. The molecule has 2 bridgehead atoms. The molecule has 2 saturated heterocycles. The molecule has 5 rings (SSSR count). The number of ether oxygens (including phenoxy) is 1. The number of anilines is 1. The maximum Gasteiger partial charge on any atom is 0.242 e. The highest BCUT2D eigenvalue weighted by atomic mass is 32.2. The summed E-state index contributed by atoms with van der Waals surface area (Å²) in [5, 5.41) is 9.26. The minimum atomic E-state index is -1.06. The predicted molar refractivity (Wildman–Crippen MR) is 157 cm³/mol. The van der Waals surface area contributed by atoms with Crippen LogP contribution in [0.3, 0.4) is 0 Å². The van der Waals surface area contributed by atoms with E-state index in [4.69, 9.17) is 4.74 Å².